The molecule has 3 nitrogen and oxygen atoms in total. The van der Waals surface area contributed by atoms with E-state index >= 15 is 0 Å². The maximum absolute atomic E-state index is 6.43. The highest BCUT2D eigenvalue weighted by atomic mass is 28.5. The first-order valence-electron chi connectivity index (χ1n) is 7.25. The van der Waals surface area contributed by atoms with Crippen molar-refractivity contribution in [2.45, 2.75) is 64.7 Å². The van der Waals surface area contributed by atoms with Crippen molar-refractivity contribution in [1.29, 1.82) is 0 Å². The summed E-state index contributed by atoms with van der Waals surface area (Å²) in [6.07, 6.45) is 1.86. The maximum atomic E-state index is 6.43. The molecule has 115 valence electrons. The van der Waals surface area contributed by atoms with Crippen LogP contribution in [0.15, 0.2) is 0 Å². The van der Waals surface area contributed by atoms with Crippen molar-refractivity contribution in [2.24, 2.45) is 0 Å². The summed E-state index contributed by atoms with van der Waals surface area (Å²) in [6, 6.07) is 1.03. The van der Waals surface area contributed by atoms with E-state index in [9.17, 15) is 0 Å². The van der Waals surface area contributed by atoms with Gasteiger partial charge in [0.05, 0.1) is 0 Å². The van der Waals surface area contributed by atoms with E-state index < -0.39 is 25.2 Å². The van der Waals surface area contributed by atoms with Crippen LogP contribution in [-0.4, -0.2) is 38.4 Å². The van der Waals surface area contributed by atoms with Crippen molar-refractivity contribution in [3.8, 4) is 0 Å². The number of ether oxygens (including phenoxy) is 1. The zero-order valence-corrected chi connectivity index (χ0v) is 17.0. The molecule has 0 bridgehead atoms. The van der Waals surface area contributed by atoms with E-state index in [0.29, 0.717) is 0 Å². The van der Waals surface area contributed by atoms with E-state index in [-0.39, 0.29) is 0 Å². The highest BCUT2D eigenvalue weighted by Crippen LogP contribution is 2.25. The van der Waals surface area contributed by atoms with Crippen LogP contribution in [-0.2, 0) is 13.0 Å². The summed E-state index contributed by atoms with van der Waals surface area (Å²) in [6.45, 7) is 21.0. The van der Waals surface area contributed by atoms with Crippen molar-refractivity contribution in [2.75, 3.05) is 13.2 Å². The molecule has 0 aliphatic carbocycles. The average Bonchev–Trinajstić information content (AvgIpc) is 2.10. The topological polar surface area (TPSA) is 27.7 Å². The van der Waals surface area contributed by atoms with Gasteiger partial charge in [0, 0.05) is 13.2 Å². The SMILES string of the molecule is [CH2]CCOCCC[Si](C)(O[Si](C)(C)C)O[Si](C)(C)C. The van der Waals surface area contributed by atoms with Crippen LogP contribution in [0.3, 0.4) is 0 Å². The minimum atomic E-state index is -2.05. The number of hydrogen-bond donors (Lipinski definition) is 0. The average molecular weight is 322 g/mol. The van der Waals surface area contributed by atoms with Crippen molar-refractivity contribution in [3.05, 3.63) is 6.92 Å². The molecule has 0 spiro atoms. The summed E-state index contributed by atoms with van der Waals surface area (Å²) in [5, 5.41) is 0. The minimum Gasteiger partial charge on any atom is -0.437 e. The Morgan fingerprint density at radius 2 is 1.26 bits per heavy atom. The third-order valence-corrected chi connectivity index (χ3v) is 11.9. The Balaban J connectivity index is 4.41. The highest BCUT2D eigenvalue weighted by Gasteiger charge is 2.39. The Labute approximate surface area is 123 Å². The summed E-state index contributed by atoms with van der Waals surface area (Å²) in [5.74, 6) is 0. The van der Waals surface area contributed by atoms with E-state index in [2.05, 4.69) is 52.8 Å². The van der Waals surface area contributed by atoms with Gasteiger partial charge in [-0.1, -0.05) is 6.92 Å². The molecule has 0 amide bonds. The van der Waals surface area contributed by atoms with Gasteiger partial charge < -0.3 is 13.0 Å². The second-order valence-electron chi connectivity index (χ2n) is 7.13. The molecule has 0 heterocycles. The Morgan fingerprint density at radius 3 is 1.63 bits per heavy atom. The van der Waals surface area contributed by atoms with Crippen molar-refractivity contribution >= 4 is 25.2 Å². The molecule has 0 saturated carbocycles. The predicted molar refractivity (Wildman–Crippen MR) is 90.7 cm³/mol. The van der Waals surface area contributed by atoms with Gasteiger partial charge in [-0.3, -0.25) is 0 Å². The van der Waals surface area contributed by atoms with Crippen LogP contribution in [0.2, 0.25) is 51.9 Å². The number of rotatable bonds is 10. The lowest BCUT2D eigenvalue weighted by molar-refractivity contribution is 0.137. The molecular formula is C13H33O3Si3. The fourth-order valence-electron chi connectivity index (χ4n) is 2.12. The van der Waals surface area contributed by atoms with Gasteiger partial charge in [0.15, 0.2) is 16.6 Å². The van der Waals surface area contributed by atoms with Crippen molar-refractivity contribution in [1.82, 2.24) is 0 Å². The monoisotopic (exact) mass is 321 g/mol. The fraction of sp³-hybridized carbons (Fsp3) is 0.923. The van der Waals surface area contributed by atoms with Gasteiger partial charge in [-0.15, -0.1) is 0 Å². The molecule has 0 fully saturated rings. The van der Waals surface area contributed by atoms with Crippen LogP contribution in [0.25, 0.3) is 0 Å². The van der Waals surface area contributed by atoms with Gasteiger partial charge in [0.25, 0.3) is 0 Å². The molecule has 0 aromatic carbocycles. The molecule has 19 heavy (non-hydrogen) atoms. The molecule has 0 aromatic rings. The van der Waals surface area contributed by atoms with Gasteiger partial charge in [-0.05, 0) is 64.7 Å². The third-order valence-electron chi connectivity index (χ3n) is 2.25. The Morgan fingerprint density at radius 1 is 0.789 bits per heavy atom. The largest absolute Gasteiger partial charge is 0.437 e. The second-order valence-corrected chi connectivity index (χ2v) is 20.0. The zero-order chi connectivity index (χ0) is 15.2. The predicted octanol–water partition coefficient (Wildman–Crippen LogP) is 4.39. The van der Waals surface area contributed by atoms with E-state index in [4.69, 9.17) is 13.0 Å². The fourth-order valence-corrected chi connectivity index (χ4v) is 14.6. The lowest BCUT2D eigenvalue weighted by atomic mass is 10.5. The third kappa shape index (κ3) is 12.0. The molecule has 0 rings (SSSR count). The van der Waals surface area contributed by atoms with Crippen LogP contribution in [0, 0.1) is 6.92 Å². The molecule has 0 saturated heterocycles. The lowest BCUT2D eigenvalue weighted by Crippen LogP contribution is -2.52. The first-order valence-corrected chi connectivity index (χ1v) is 16.6. The van der Waals surface area contributed by atoms with Crippen molar-refractivity contribution < 1.29 is 13.0 Å². The minimum absolute atomic E-state index is 0.752. The highest BCUT2D eigenvalue weighted by molar-refractivity contribution is 6.87. The molecule has 1 radical (unpaired) electrons. The van der Waals surface area contributed by atoms with Gasteiger partial charge in [0.1, 0.15) is 0 Å². The first-order chi connectivity index (χ1) is 8.47. The maximum Gasteiger partial charge on any atom is 0.314 e. The molecule has 0 unspecified atom stereocenters. The summed E-state index contributed by atoms with van der Waals surface area (Å²) >= 11 is 0. The van der Waals surface area contributed by atoms with E-state index in [0.717, 1.165) is 32.1 Å². The summed E-state index contributed by atoms with van der Waals surface area (Å²) in [4.78, 5) is 0. The van der Waals surface area contributed by atoms with E-state index in [1.54, 1.807) is 0 Å². The summed E-state index contributed by atoms with van der Waals surface area (Å²) in [5.41, 5.74) is 0. The molecule has 0 aromatic heterocycles. The molecule has 0 atom stereocenters. The van der Waals surface area contributed by atoms with Gasteiger partial charge in [-0.2, -0.15) is 0 Å². The van der Waals surface area contributed by atoms with Gasteiger partial charge in [-0.25, -0.2) is 0 Å². The molecule has 0 aliphatic rings. The Bertz CT molecular complexity index is 230. The Kier molecular flexibility index (Phi) is 8.32. The Hall–Kier alpha value is 0.531. The van der Waals surface area contributed by atoms with Crippen LogP contribution in [0.1, 0.15) is 12.8 Å². The van der Waals surface area contributed by atoms with Crippen LogP contribution in [0.5, 0.6) is 0 Å². The second kappa shape index (κ2) is 8.09. The van der Waals surface area contributed by atoms with Crippen molar-refractivity contribution in [3.63, 3.8) is 0 Å². The smallest absolute Gasteiger partial charge is 0.314 e. The lowest BCUT2D eigenvalue weighted by Gasteiger charge is -2.38. The van der Waals surface area contributed by atoms with E-state index in [1.807, 2.05) is 0 Å². The molecule has 0 N–H and O–H groups in total. The number of hydrogen-bond acceptors (Lipinski definition) is 3. The quantitative estimate of drug-likeness (QED) is 0.441. The van der Waals surface area contributed by atoms with Gasteiger partial charge >= 0.3 is 8.56 Å². The molecule has 0 aliphatic heterocycles. The van der Waals surface area contributed by atoms with E-state index in [1.165, 1.54) is 0 Å². The van der Waals surface area contributed by atoms with Crippen LogP contribution in [0.4, 0.5) is 0 Å². The first kappa shape index (κ1) is 19.5. The zero-order valence-electron chi connectivity index (χ0n) is 14.0. The standard InChI is InChI=1S/C13H33O3Si3/c1-9-11-14-12-10-13-19(8,15-17(2,3)4)16-18(5,6)7/h1,9-13H2,2-8H3. The molecule has 6 heteroatoms. The summed E-state index contributed by atoms with van der Waals surface area (Å²) < 4.78 is 18.4. The van der Waals surface area contributed by atoms with Crippen LogP contribution < -0.4 is 0 Å². The normalized spacial score (nSPS) is 13.9. The van der Waals surface area contributed by atoms with Gasteiger partial charge in [0.2, 0.25) is 0 Å². The molecular weight excluding hydrogens is 288 g/mol. The summed E-state index contributed by atoms with van der Waals surface area (Å²) in [7, 11) is -5.17. The van der Waals surface area contributed by atoms with Crippen LogP contribution >= 0.6 is 0 Å².